The monoisotopic (exact) mass is 617 g/mol. The van der Waals surface area contributed by atoms with Crippen molar-refractivity contribution in [3.8, 4) is 0 Å². The molecule has 5 rings (SSSR count). The summed E-state index contributed by atoms with van der Waals surface area (Å²) in [7, 11) is 0. The van der Waals surface area contributed by atoms with Crippen LogP contribution in [0, 0.1) is 0 Å². The number of rotatable bonds is 8. The van der Waals surface area contributed by atoms with Crippen LogP contribution in [-0.2, 0) is 21.5 Å². The van der Waals surface area contributed by atoms with E-state index in [1.807, 2.05) is 69.9 Å². The van der Waals surface area contributed by atoms with Crippen molar-refractivity contribution in [2.24, 2.45) is 0 Å². The number of hydrogen-bond acceptors (Lipinski definition) is 7. The number of ketones is 1. The van der Waals surface area contributed by atoms with Gasteiger partial charge in [-0.1, -0.05) is 39.0 Å². The molecular weight excluding hydrogens is 570 g/mol. The first kappa shape index (κ1) is 32.6. The highest BCUT2D eigenvalue weighted by molar-refractivity contribution is 6.01. The molecule has 10 nitrogen and oxygen atoms in total. The van der Waals surface area contributed by atoms with E-state index in [1.54, 1.807) is 16.0 Å². The molecule has 1 fully saturated rings. The molecule has 242 valence electrons. The van der Waals surface area contributed by atoms with Crippen LogP contribution in [0.3, 0.4) is 0 Å². The molecule has 2 aromatic rings. The van der Waals surface area contributed by atoms with Crippen LogP contribution in [0.1, 0.15) is 99.7 Å². The molecule has 0 bridgehead atoms. The standard InChI is InChI=1S/C35H47N5O5/c1-8-11-29(41)25-16-28-31(36-17-25)35(6,7)22-40(28)30(42)21-38-18-23(2)39(33(44)45-34(3,4)5)20-26(38)14-15-37-19-24-12-9-10-13-27(24)32(37)43/h9-10,12-13,16-17,23,26H,8,11,14-15,18-22H2,1-7H3. The Morgan fingerprint density at radius 2 is 1.84 bits per heavy atom. The lowest BCUT2D eigenvalue weighted by Crippen LogP contribution is -2.61. The Balaban J connectivity index is 1.36. The lowest BCUT2D eigenvalue weighted by atomic mass is 9.91. The van der Waals surface area contributed by atoms with Gasteiger partial charge in [0.05, 0.1) is 17.9 Å². The number of ether oxygens (including phenoxy) is 1. The number of hydrogen-bond donors (Lipinski definition) is 0. The summed E-state index contributed by atoms with van der Waals surface area (Å²) < 4.78 is 5.73. The van der Waals surface area contributed by atoms with Crippen molar-refractivity contribution in [3.05, 3.63) is 58.9 Å². The van der Waals surface area contributed by atoms with Crippen molar-refractivity contribution in [2.45, 2.75) is 97.4 Å². The minimum absolute atomic E-state index is 0.0123. The molecule has 10 heteroatoms. The van der Waals surface area contributed by atoms with Crippen LogP contribution in [0.2, 0.25) is 0 Å². The summed E-state index contributed by atoms with van der Waals surface area (Å²) in [6.45, 7) is 16.2. The fourth-order valence-corrected chi connectivity index (χ4v) is 6.69. The number of nitrogens with zero attached hydrogens (tertiary/aromatic N) is 5. The highest BCUT2D eigenvalue weighted by atomic mass is 16.6. The van der Waals surface area contributed by atoms with E-state index in [9.17, 15) is 19.2 Å². The number of pyridine rings is 1. The first-order valence-electron chi connectivity index (χ1n) is 16.1. The number of benzene rings is 1. The topological polar surface area (TPSA) is 103 Å². The number of aromatic nitrogens is 1. The zero-order valence-corrected chi connectivity index (χ0v) is 27.8. The Kier molecular flexibility index (Phi) is 9.08. The largest absolute Gasteiger partial charge is 0.444 e. The van der Waals surface area contributed by atoms with Gasteiger partial charge in [-0.05, 0) is 58.2 Å². The fourth-order valence-electron chi connectivity index (χ4n) is 6.69. The van der Waals surface area contributed by atoms with Gasteiger partial charge < -0.3 is 19.4 Å². The van der Waals surface area contributed by atoms with Crippen LogP contribution in [-0.4, -0.2) is 93.8 Å². The number of carbonyl (C=O) groups excluding carboxylic acids is 4. The van der Waals surface area contributed by atoms with E-state index in [4.69, 9.17) is 4.74 Å². The predicted octanol–water partition coefficient (Wildman–Crippen LogP) is 5.04. The SMILES string of the molecule is CCCC(=O)c1cnc2c(c1)N(C(=O)CN1CC(C)N(C(=O)OC(C)(C)C)CC1CCN1Cc3ccccc3C1=O)CC2(C)C. The van der Waals surface area contributed by atoms with Crippen molar-refractivity contribution in [3.63, 3.8) is 0 Å². The maximum absolute atomic E-state index is 14.1. The molecule has 2 atom stereocenters. The van der Waals surface area contributed by atoms with Crippen molar-refractivity contribution in [2.75, 3.05) is 37.6 Å². The average Bonchev–Trinajstić information content (AvgIpc) is 3.44. The van der Waals surface area contributed by atoms with Gasteiger partial charge in [0.1, 0.15) is 5.60 Å². The van der Waals surface area contributed by atoms with Crippen molar-refractivity contribution in [1.29, 1.82) is 0 Å². The molecule has 0 aliphatic carbocycles. The molecule has 3 aliphatic rings. The molecule has 4 heterocycles. The Bertz CT molecular complexity index is 1480. The van der Waals surface area contributed by atoms with Gasteiger partial charge in [-0.2, -0.15) is 0 Å². The van der Waals surface area contributed by atoms with Crippen molar-refractivity contribution >= 4 is 29.4 Å². The molecule has 1 aromatic carbocycles. The normalized spacial score (nSPS) is 21.1. The average molecular weight is 618 g/mol. The second-order valence-corrected chi connectivity index (χ2v) is 14.4. The van der Waals surface area contributed by atoms with E-state index < -0.39 is 5.60 Å². The summed E-state index contributed by atoms with van der Waals surface area (Å²) in [4.78, 5) is 65.3. The van der Waals surface area contributed by atoms with E-state index in [1.165, 1.54) is 0 Å². The lowest BCUT2D eigenvalue weighted by molar-refractivity contribution is -0.121. The van der Waals surface area contributed by atoms with Gasteiger partial charge in [0.2, 0.25) is 5.91 Å². The summed E-state index contributed by atoms with van der Waals surface area (Å²) in [5.74, 6) is -0.0369. The Morgan fingerprint density at radius 1 is 1.11 bits per heavy atom. The Morgan fingerprint density at radius 3 is 2.53 bits per heavy atom. The summed E-state index contributed by atoms with van der Waals surface area (Å²) in [6.07, 6.45) is 3.04. The van der Waals surface area contributed by atoms with Crippen LogP contribution < -0.4 is 4.90 Å². The van der Waals surface area contributed by atoms with Gasteiger partial charge in [0.15, 0.2) is 5.78 Å². The maximum atomic E-state index is 14.1. The summed E-state index contributed by atoms with van der Waals surface area (Å²) in [6, 6.07) is 9.15. The quantitative estimate of drug-likeness (QED) is 0.382. The molecule has 1 saturated heterocycles. The minimum atomic E-state index is -0.630. The second kappa shape index (κ2) is 12.5. The van der Waals surface area contributed by atoms with Crippen molar-refractivity contribution < 1.29 is 23.9 Å². The van der Waals surface area contributed by atoms with Crippen LogP contribution in [0.25, 0.3) is 0 Å². The van der Waals surface area contributed by atoms with Crippen LogP contribution in [0.4, 0.5) is 10.5 Å². The highest BCUT2D eigenvalue weighted by Crippen LogP contribution is 2.40. The van der Waals surface area contributed by atoms with Crippen LogP contribution >= 0.6 is 0 Å². The molecule has 3 aliphatic heterocycles. The zero-order chi connectivity index (χ0) is 32.7. The smallest absolute Gasteiger partial charge is 0.410 e. The first-order chi connectivity index (χ1) is 21.2. The zero-order valence-electron chi connectivity index (χ0n) is 27.8. The molecular formula is C35H47N5O5. The fraction of sp³-hybridized carbons (Fsp3) is 0.571. The van der Waals surface area contributed by atoms with Gasteiger partial charge in [0, 0.05) is 74.0 Å². The van der Waals surface area contributed by atoms with Crippen molar-refractivity contribution in [1.82, 2.24) is 19.7 Å². The summed E-state index contributed by atoms with van der Waals surface area (Å²) in [5, 5.41) is 0. The third kappa shape index (κ3) is 6.90. The number of carbonyl (C=O) groups is 4. The van der Waals surface area contributed by atoms with Crippen LogP contribution in [0.5, 0.6) is 0 Å². The number of piperazine rings is 1. The number of amides is 3. The molecule has 3 amide bonds. The molecule has 1 aromatic heterocycles. The third-order valence-electron chi connectivity index (χ3n) is 9.00. The summed E-state index contributed by atoms with van der Waals surface area (Å²) in [5.41, 5.74) is 2.81. The van der Waals surface area contributed by atoms with Gasteiger partial charge in [-0.3, -0.25) is 24.3 Å². The molecule has 0 spiro atoms. The van der Waals surface area contributed by atoms with Gasteiger partial charge in [0.25, 0.3) is 5.91 Å². The second-order valence-electron chi connectivity index (χ2n) is 14.4. The van der Waals surface area contributed by atoms with E-state index in [0.29, 0.717) is 56.8 Å². The predicted molar refractivity (Wildman–Crippen MR) is 172 cm³/mol. The maximum Gasteiger partial charge on any atom is 0.410 e. The third-order valence-corrected chi connectivity index (χ3v) is 9.00. The Labute approximate surface area is 266 Å². The molecule has 2 unspecified atom stereocenters. The van der Waals surface area contributed by atoms with Gasteiger partial charge >= 0.3 is 6.09 Å². The Hall–Kier alpha value is -3.79. The van der Waals surface area contributed by atoms with Crippen LogP contribution in [0.15, 0.2) is 36.5 Å². The van der Waals surface area contributed by atoms with Gasteiger partial charge in [-0.15, -0.1) is 0 Å². The van der Waals surface area contributed by atoms with E-state index in [2.05, 4.69) is 23.7 Å². The molecule has 0 radical (unpaired) electrons. The van der Waals surface area contributed by atoms with E-state index >= 15 is 0 Å². The van der Waals surface area contributed by atoms with E-state index in [-0.39, 0.29) is 47.7 Å². The molecule has 45 heavy (non-hydrogen) atoms. The van der Waals surface area contributed by atoms with Gasteiger partial charge in [-0.25, -0.2) is 4.79 Å². The molecule has 0 saturated carbocycles. The summed E-state index contributed by atoms with van der Waals surface area (Å²) >= 11 is 0. The lowest BCUT2D eigenvalue weighted by Gasteiger charge is -2.45. The first-order valence-corrected chi connectivity index (χ1v) is 16.1. The number of anilines is 1. The van der Waals surface area contributed by atoms with E-state index in [0.717, 1.165) is 23.2 Å². The molecule has 0 N–H and O–H groups in total. The number of Topliss-reactive ketones (excluding diaryl/α,β-unsaturated/α-hetero) is 1. The number of fused-ring (bicyclic) bond motifs is 2. The highest BCUT2D eigenvalue weighted by Gasteiger charge is 2.42. The minimum Gasteiger partial charge on any atom is -0.444 e.